The van der Waals surface area contributed by atoms with Crippen molar-refractivity contribution >= 4 is 27.3 Å². The van der Waals surface area contributed by atoms with Crippen LogP contribution in [0.4, 0.5) is 11.4 Å². The number of likely N-dealkylation sites (N-methyl/N-ethyl adjacent to an activating group) is 1. The molecule has 0 radical (unpaired) electrons. The lowest BCUT2D eigenvalue weighted by Crippen LogP contribution is -2.31. The molecule has 8 heteroatoms. The number of amides is 1. The van der Waals surface area contributed by atoms with Gasteiger partial charge in [0.15, 0.2) is 6.61 Å². The van der Waals surface area contributed by atoms with E-state index in [1.165, 1.54) is 23.5 Å². The first-order valence-corrected chi connectivity index (χ1v) is 12.4. The maximum absolute atomic E-state index is 13.0. The van der Waals surface area contributed by atoms with Gasteiger partial charge in [-0.05, 0) is 80.9 Å². The molecule has 0 saturated carbocycles. The molecule has 0 N–H and O–H groups in total. The van der Waals surface area contributed by atoms with Crippen LogP contribution >= 0.6 is 0 Å². The Hall–Kier alpha value is -3.52. The molecule has 0 heterocycles. The number of hydrogen-bond acceptors (Lipinski definition) is 5. The minimum absolute atomic E-state index is 0.135. The molecule has 0 bridgehead atoms. The number of rotatable bonds is 9. The van der Waals surface area contributed by atoms with Crippen molar-refractivity contribution in [2.45, 2.75) is 25.7 Å². The lowest BCUT2D eigenvalue weighted by atomic mass is 10.1. The van der Waals surface area contributed by atoms with Gasteiger partial charge < -0.3 is 14.4 Å². The van der Waals surface area contributed by atoms with Gasteiger partial charge in [-0.25, -0.2) is 8.42 Å². The van der Waals surface area contributed by atoms with Gasteiger partial charge >= 0.3 is 0 Å². The van der Waals surface area contributed by atoms with Crippen molar-refractivity contribution in [2.24, 2.45) is 0 Å². The van der Waals surface area contributed by atoms with E-state index >= 15 is 0 Å². The minimum atomic E-state index is -3.74. The molecule has 7 nitrogen and oxygen atoms in total. The minimum Gasteiger partial charge on any atom is -0.494 e. The van der Waals surface area contributed by atoms with Crippen LogP contribution in [0, 0.1) is 13.8 Å². The predicted molar refractivity (Wildman–Crippen MR) is 134 cm³/mol. The Morgan fingerprint density at radius 3 is 2.03 bits per heavy atom. The first-order valence-electron chi connectivity index (χ1n) is 10.9. The van der Waals surface area contributed by atoms with Crippen molar-refractivity contribution in [2.75, 3.05) is 36.5 Å². The van der Waals surface area contributed by atoms with E-state index in [4.69, 9.17) is 9.47 Å². The number of anilines is 2. The van der Waals surface area contributed by atoms with Gasteiger partial charge in [0, 0.05) is 19.8 Å². The number of hydrogen-bond donors (Lipinski definition) is 0. The van der Waals surface area contributed by atoms with Crippen LogP contribution in [-0.4, -0.2) is 41.6 Å². The van der Waals surface area contributed by atoms with E-state index in [1.54, 1.807) is 48.3 Å². The monoisotopic (exact) mass is 482 g/mol. The first kappa shape index (κ1) is 25.1. The van der Waals surface area contributed by atoms with E-state index in [9.17, 15) is 13.2 Å². The van der Waals surface area contributed by atoms with E-state index in [2.05, 4.69) is 0 Å². The average molecular weight is 483 g/mol. The maximum Gasteiger partial charge on any atom is 0.264 e. The maximum atomic E-state index is 13.0. The van der Waals surface area contributed by atoms with Crippen LogP contribution in [0.25, 0.3) is 0 Å². The molecule has 34 heavy (non-hydrogen) atoms. The Labute approximate surface area is 201 Å². The summed E-state index contributed by atoms with van der Waals surface area (Å²) in [5, 5.41) is 0. The summed E-state index contributed by atoms with van der Waals surface area (Å²) in [6.45, 7) is 6.21. The van der Waals surface area contributed by atoms with Crippen LogP contribution in [0.3, 0.4) is 0 Å². The number of carbonyl (C=O) groups excluding carboxylic acids is 1. The van der Waals surface area contributed by atoms with Gasteiger partial charge in [-0.15, -0.1) is 0 Å². The molecule has 0 aliphatic carbocycles. The van der Waals surface area contributed by atoms with Crippen molar-refractivity contribution in [3.63, 3.8) is 0 Å². The summed E-state index contributed by atoms with van der Waals surface area (Å²) in [6.07, 6.45) is 0. The van der Waals surface area contributed by atoms with Crippen LogP contribution in [0.2, 0.25) is 0 Å². The quantitative estimate of drug-likeness (QED) is 0.447. The Balaban J connectivity index is 1.64. The molecule has 180 valence electrons. The van der Waals surface area contributed by atoms with Crippen molar-refractivity contribution < 1.29 is 22.7 Å². The summed E-state index contributed by atoms with van der Waals surface area (Å²) in [5.74, 6) is 0.896. The fourth-order valence-electron chi connectivity index (χ4n) is 3.48. The molecule has 3 aromatic rings. The van der Waals surface area contributed by atoms with Crippen LogP contribution in [0.5, 0.6) is 11.5 Å². The van der Waals surface area contributed by atoms with Crippen molar-refractivity contribution in [1.82, 2.24) is 0 Å². The topological polar surface area (TPSA) is 76.1 Å². The highest BCUT2D eigenvalue weighted by molar-refractivity contribution is 7.92. The SMILES string of the molecule is CCOc1ccc(S(=O)(=O)N(C)c2ccc(OCC(=O)N(C)c3ccc(C)cc3C)cc2)cc1. The first-order chi connectivity index (χ1) is 16.1. The zero-order valence-corrected chi connectivity index (χ0v) is 20.9. The number of benzene rings is 3. The largest absolute Gasteiger partial charge is 0.494 e. The van der Waals surface area contributed by atoms with Crippen LogP contribution in [0.1, 0.15) is 18.1 Å². The Kier molecular flexibility index (Phi) is 7.83. The summed E-state index contributed by atoms with van der Waals surface area (Å²) < 4.78 is 38.1. The van der Waals surface area contributed by atoms with Gasteiger partial charge in [0.2, 0.25) is 0 Å². The Morgan fingerprint density at radius 2 is 1.44 bits per heavy atom. The fraction of sp³-hybridized carbons (Fsp3) is 0.269. The summed E-state index contributed by atoms with van der Waals surface area (Å²) in [5.41, 5.74) is 3.44. The normalized spacial score (nSPS) is 11.1. The third-order valence-electron chi connectivity index (χ3n) is 5.44. The lowest BCUT2D eigenvalue weighted by molar-refractivity contribution is -0.120. The molecule has 0 unspecified atom stereocenters. The molecule has 0 spiro atoms. The second-order valence-electron chi connectivity index (χ2n) is 7.90. The third kappa shape index (κ3) is 5.69. The summed E-state index contributed by atoms with van der Waals surface area (Å²) >= 11 is 0. The molecule has 0 fully saturated rings. The zero-order valence-electron chi connectivity index (χ0n) is 20.1. The molecule has 1 amide bonds. The highest BCUT2D eigenvalue weighted by atomic mass is 32.2. The standard InChI is InChI=1S/C26H30N2O5S/c1-6-32-22-12-14-24(15-13-22)34(30,31)28(5)21-8-10-23(11-9-21)33-18-26(29)27(4)25-16-7-19(2)17-20(25)3/h7-17H,6,18H2,1-5H3. The molecule has 0 atom stereocenters. The van der Waals surface area contributed by atoms with E-state index in [0.717, 1.165) is 16.8 Å². The molecule has 0 saturated heterocycles. The number of aryl methyl sites for hydroxylation is 2. The van der Waals surface area contributed by atoms with Gasteiger partial charge in [0.1, 0.15) is 11.5 Å². The van der Waals surface area contributed by atoms with Crippen LogP contribution < -0.4 is 18.7 Å². The smallest absolute Gasteiger partial charge is 0.264 e. The lowest BCUT2D eigenvalue weighted by Gasteiger charge is -2.21. The summed E-state index contributed by atoms with van der Waals surface area (Å²) in [7, 11) is -0.530. The zero-order chi connectivity index (χ0) is 24.9. The summed E-state index contributed by atoms with van der Waals surface area (Å²) in [4.78, 5) is 14.3. The van der Waals surface area contributed by atoms with Crippen molar-refractivity contribution in [3.05, 3.63) is 77.9 Å². The van der Waals surface area contributed by atoms with E-state index in [0.29, 0.717) is 23.8 Å². The van der Waals surface area contributed by atoms with E-state index in [-0.39, 0.29) is 17.4 Å². The molecule has 3 aromatic carbocycles. The van der Waals surface area contributed by atoms with Gasteiger partial charge in [-0.2, -0.15) is 0 Å². The number of carbonyl (C=O) groups is 1. The van der Waals surface area contributed by atoms with Gasteiger partial charge in [-0.3, -0.25) is 9.10 Å². The molecular formula is C26H30N2O5S. The Bertz CT molecular complexity index is 1240. The molecular weight excluding hydrogens is 452 g/mol. The van der Waals surface area contributed by atoms with Crippen LogP contribution in [0.15, 0.2) is 71.6 Å². The van der Waals surface area contributed by atoms with E-state index < -0.39 is 10.0 Å². The fourth-order valence-corrected chi connectivity index (χ4v) is 4.68. The highest BCUT2D eigenvalue weighted by Gasteiger charge is 2.21. The van der Waals surface area contributed by atoms with Crippen LogP contribution in [-0.2, 0) is 14.8 Å². The van der Waals surface area contributed by atoms with E-state index in [1.807, 2.05) is 39.0 Å². The number of ether oxygens (including phenoxy) is 2. The average Bonchev–Trinajstić information content (AvgIpc) is 2.82. The van der Waals surface area contributed by atoms with Crippen molar-refractivity contribution in [1.29, 1.82) is 0 Å². The molecule has 3 rings (SSSR count). The Morgan fingerprint density at radius 1 is 0.853 bits per heavy atom. The summed E-state index contributed by atoms with van der Waals surface area (Å²) in [6, 6.07) is 18.8. The van der Waals surface area contributed by atoms with Gasteiger partial charge in [-0.1, -0.05) is 17.7 Å². The predicted octanol–water partition coefficient (Wildman–Crippen LogP) is 4.57. The van der Waals surface area contributed by atoms with Gasteiger partial charge in [0.25, 0.3) is 15.9 Å². The third-order valence-corrected chi connectivity index (χ3v) is 7.24. The van der Waals surface area contributed by atoms with Gasteiger partial charge in [0.05, 0.1) is 17.2 Å². The highest BCUT2D eigenvalue weighted by Crippen LogP contribution is 2.26. The number of sulfonamides is 1. The van der Waals surface area contributed by atoms with Crippen molar-refractivity contribution in [3.8, 4) is 11.5 Å². The second-order valence-corrected chi connectivity index (χ2v) is 9.87. The molecule has 0 aromatic heterocycles. The number of nitrogens with zero attached hydrogens (tertiary/aromatic N) is 2. The molecule has 0 aliphatic heterocycles. The second kappa shape index (κ2) is 10.6. The molecule has 0 aliphatic rings.